The van der Waals surface area contributed by atoms with Gasteiger partial charge in [-0.15, -0.1) is 24.8 Å². The molecule has 0 radical (unpaired) electrons. The largest absolute Gasteiger partial charge is 0.346 e. The monoisotopic (exact) mass is 433 g/mol. The minimum atomic E-state index is -0.124. The smallest absolute Gasteiger partial charge is 0.254 e. The Morgan fingerprint density at radius 2 is 2.00 bits per heavy atom. The van der Waals surface area contributed by atoms with Gasteiger partial charge in [0.25, 0.3) is 5.91 Å². The first-order valence-electron chi connectivity index (χ1n) is 9.28. The van der Waals surface area contributed by atoms with Crippen LogP contribution in [0.4, 0.5) is 0 Å². The number of aryl methyl sites for hydroxylation is 2. The minimum Gasteiger partial charge on any atom is -0.346 e. The third kappa shape index (κ3) is 5.15. The summed E-state index contributed by atoms with van der Waals surface area (Å²) in [5.41, 5.74) is 5.28. The van der Waals surface area contributed by atoms with Crippen molar-refractivity contribution in [3.05, 3.63) is 71.3 Å². The average Bonchev–Trinajstić information content (AvgIpc) is 2.95. The molecule has 1 aliphatic rings. The molecule has 2 N–H and O–H groups in total. The first-order valence-corrected chi connectivity index (χ1v) is 9.28. The summed E-state index contributed by atoms with van der Waals surface area (Å²) in [6.45, 7) is 5.02. The lowest BCUT2D eigenvalue weighted by Crippen LogP contribution is -2.25. The molecular formula is C21H25Cl2N5O. The zero-order chi connectivity index (χ0) is 18.6. The number of rotatable bonds is 4. The van der Waals surface area contributed by atoms with E-state index in [-0.39, 0.29) is 30.7 Å². The zero-order valence-corrected chi connectivity index (χ0v) is 17.9. The summed E-state index contributed by atoms with van der Waals surface area (Å²) < 4.78 is 2.03. The standard InChI is InChI=1S/C21H23N5O.2ClH/c1-15-20(19(8-10-23-15)16-6-3-2-4-7-16)21(27)24-13-17-12-18-14-22-9-5-11-26(18)25-17;;/h2-4,6-8,10,12,22H,5,9,11,13-14H2,1H3,(H,24,27);2*1H. The fourth-order valence-electron chi connectivity index (χ4n) is 3.48. The van der Waals surface area contributed by atoms with Gasteiger partial charge in [0, 0.05) is 19.3 Å². The van der Waals surface area contributed by atoms with Crippen LogP contribution in [0.2, 0.25) is 0 Å². The Hall–Kier alpha value is -2.41. The Kier molecular flexibility index (Phi) is 8.20. The third-order valence-corrected chi connectivity index (χ3v) is 4.83. The molecule has 0 aliphatic carbocycles. The minimum absolute atomic E-state index is 0. The number of hydrogen-bond donors (Lipinski definition) is 2. The summed E-state index contributed by atoms with van der Waals surface area (Å²) in [6, 6.07) is 13.9. The predicted molar refractivity (Wildman–Crippen MR) is 119 cm³/mol. The molecule has 0 bridgehead atoms. The molecule has 154 valence electrons. The maximum Gasteiger partial charge on any atom is 0.254 e. The summed E-state index contributed by atoms with van der Waals surface area (Å²) in [5, 5.41) is 11.0. The van der Waals surface area contributed by atoms with E-state index in [2.05, 4.69) is 26.8 Å². The number of amides is 1. The van der Waals surface area contributed by atoms with Crippen molar-refractivity contribution >= 4 is 30.7 Å². The number of pyridine rings is 1. The second-order valence-electron chi connectivity index (χ2n) is 6.75. The average molecular weight is 434 g/mol. The van der Waals surface area contributed by atoms with E-state index >= 15 is 0 Å². The van der Waals surface area contributed by atoms with E-state index in [1.807, 2.05) is 48.0 Å². The summed E-state index contributed by atoms with van der Waals surface area (Å²) in [7, 11) is 0. The van der Waals surface area contributed by atoms with E-state index < -0.39 is 0 Å². The molecule has 1 aliphatic heterocycles. The maximum atomic E-state index is 12.9. The van der Waals surface area contributed by atoms with E-state index in [1.54, 1.807) is 6.20 Å². The molecule has 0 unspecified atom stereocenters. The summed E-state index contributed by atoms with van der Waals surface area (Å²) in [4.78, 5) is 17.2. The zero-order valence-electron chi connectivity index (χ0n) is 16.2. The molecule has 0 spiro atoms. The molecular weight excluding hydrogens is 409 g/mol. The van der Waals surface area contributed by atoms with E-state index in [4.69, 9.17) is 0 Å². The van der Waals surface area contributed by atoms with Gasteiger partial charge in [-0.25, -0.2) is 0 Å². The van der Waals surface area contributed by atoms with Gasteiger partial charge in [0.2, 0.25) is 0 Å². The third-order valence-electron chi connectivity index (χ3n) is 4.83. The number of hydrogen-bond acceptors (Lipinski definition) is 4. The van der Waals surface area contributed by atoms with Gasteiger partial charge in [0.05, 0.1) is 29.2 Å². The van der Waals surface area contributed by atoms with Crippen molar-refractivity contribution in [2.45, 2.75) is 33.0 Å². The molecule has 0 saturated heterocycles. The molecule has 3 heterocycles. The van der Waals surface area contributed by atoms with Crippen molar-refractivity contribution in [3.63, 3.8) is 0 Å². The van der Waals surface area contributed by atoms with Crippen LogP contribution in [0.1, 0.15) is 33.9 Å². The van der Waals surface area contributed by atoms with Crippen molar-refractivity contribution in [3.8, 4) is 11.1 Å². The number of nitrogens with zero attached hydrogens (tertiary/aromatic N) is 3. The van der Waals surface area contributed by atoms with Gasteiger partial charge in [0.15, 0.2) is 0 Å². The van der Waals surface area contributed by atoms with Crippen LogP contribution in [0.5, 0.6) is 0 Å². The Bertz CT molecular complexity index is 935. The van der Waals surface area contributed by atoms with Crippen molar-refractivity contribution < 1.29 is 4.79 Å². The number of nitrogens with one attached hydrogen (secondary N) is 2. The van der Waals surface area contributed by atoms with Crippen LogP contribution in [0.15, 0.2) is 48.7 Å². The first kappa shape index (κ1) is 22.9. The van der Waals surface area contributed by atoms with Crippen LogP contribution in [-0.2, 0) is 19.6 Å². The molecule has 2 aromatic heterocycles. The Labute approximate surface area is 182 Å². The van der Waals surface area contributed by atoms with Gasteiger partial charge in [0.1, 0.15) is 0 Å². The number of carbonyl (C=O) groups is 1. The van der Waals surface area contributed by atoms with Gasteiger partial charge in [-0.05, 0) is 43.1 Å². The molecule has 0 fully saturated rings. The lowest BCUT2D eigenvalue weighted by atomic mass is 9.99. The van der Waals surface area contributed by atoms with E-state index in [0.717, 1.165) is 48.6 Å². The van der Waals surface area contributed by atoms with Gasteiger partial charge >= 0.3 is 0 Å². The number of carbonyl (C=O) groups excluding carboxylic acids is 1. The summed E-state index contributed by atoms with van der Waals surface area (Å²) in [6.07, 6.45) is 2.81. The van der Waals surface area contributed by atoms with E-state index in [0.29, 0.717) is 12.1 Å². The highest BCUT2D eigenvalue weighted by Crippen LogP contribution is 2.25. The first-order chi connectivity index (χ1) is 13.2. The predicted octanol–water partition coefficient (Wildman–Crippen LogP) is 3.52. The Morgan fingerprint density at radius 3 is 2.79 bits per heavy atom. The second-order valence-corrected chi connectivity index (χ2v) is 6.75. The molecule has 4 rings (SSSR count). The lowest BCUT2D eigenvalue weighted by molar-refractivity contribution is 0.0950. The number of fused-ring (bicyclic) bond motifs is 1. The van der Waals surface area contributed by atoms with Gasteiger partial charge in [-0.1, -0.05) is 30.3 Å². The van der Waals surface area contributed by atoms with Gasteiger partial charge in [-0.2, -0.15) is 5.10 Å². The molecule has 1 amide bonds. The normalized spacial score (nSPS) is 12.7. The highest BCUT2D eigenvalue weighted by atomic mass is 35.5. The Morgan fingerprint density at radius 1 is 1.21 bits per heavy atom. The van der Waals surface area contributed by atoms with Crippen LogP contribution < -0.4 is 10.6 Å². The SMILES string of the molecule is Cc1nccc(-c2ccccc2)c1C(=O)NCc1cc2n(n1)CCCNC2.Cl.Cl. The highest BCUT2D eigenvalue weighted by molar-refractivity contribution is 6.01. The molecule has 8 heteroatoms. The van der Waals surface area contributed by atoms with Crippen LogP contribution in [0.25, 0.3) is 11.1 Å². The highest BCUT2D eigenvalue weighted by Gasteiger charge is 2.17. The van der Waals surface area contributed by atoms with Gasteiger partial charge in [-0.3, -0.25) is 14.5 Å². The number of benzene rings is 1. The van der Waals surface area contributed by atoms with Gasteiger partial charge < -0.3 is 10.6 Å². The fraction of sp³-hybridized carbons (Fsp3) is 0.286. The molecule has 0 saturated carbocycles. The molecule has 3 aromatic rings. The molecule has 1 aromatic carbocycles. The molecule has 6 nitrogen and oxygen atoms in total. The lowest BCUT2D eigenvalue weighted by Gasteiger charge is -2.12. The van der Waals surface area contributed by atoms with Crippen molar-refractivity contribution in [2.24, 2.45) is 0 Å². The summed E-state index contributed by atoms with van der Waals surface area (Å²) in [5.74, 6) is -0.124. The van der Waals surface area contributed by atoms with Crippen molar-refractivity contribution in [1.29, 1.82) is 0 Å². The number of aromatic nitrogens is 3. The van der Waals surface area contributed by atoms with Crippen LogP contribution >= 0.6 is 24.8 Å². The van der Waals surface area contributed by atoms with Crippen LogP contribution in [0.3, 0.4) is 0 Å². The summed E-state index contributed by atoms with van der Waals surface area (Å²) >= 11 is 0. The van der Waals surface area contributed by atoms with Crippen molar-refractivity contribution in [2.75, 3.05) is 6.54 Å². The topological polar surface area (TPSA) is 71.8 Å². The van der Waals surface area contributed by atoms with E-state index in [9.17, 15) is 4.79 Å². The van der Waals surface area contributed by atoms with Crippen LogP contribution in [0, 0.1) is 6.92 Å². The molecule has 0 atom stereocenters. The Balaban J connectivity index is 0.00000150. The quantitative estimate of drug-likeness (QED) is 0.659. The van der Waals surface area contributed by atoms with E-state index in [1.165, 1.54) is 5.69 Å². The van der Waals surface area contributed by atoms with Crippen molar-refractivity contribution in [1.82, 2.24) is 25.4 Å². The maximum absolute atomic E-state index is 12.9. The second kappa shape index (κ2) is 10.4. The molecule has 29 heavy (non-hydrogen) atoms. The number of halogens is 2. The fourth-order valence-corrected chi connectivity index (χ4v) is 3.48. The van der Waals surface area contributed by atoms with Crippen LogP contribution in [-0.4, -0.2) is 27.2 Å².